The van der Waals surface area contributed by atoms with E-state index in [1.807, 2.05) is 0 Å². The minimum Gasteiger partial charge on any atom is -0.341 e. The average molecular weight is 265 g/mol. The number of imidazole rings is 1. The molecule has 3 nitrogen and oxygen atoms in total. The van der Waals surface area contributed by atoms with Crippen molar-refractivity contribution in [2.24, 2.45) is 5.92 Å². The molecular weight excluding hydrogens is 248 g/mol. The fraction of sp³-hybridized carbons (Fsp3) is 0.500. The molecule has 0 radical (unpaired) electrons. The van der Waals surface area contributed by atoms with Gasteiger partial charge in [-0.05, 0) is 24.9 Å². The van der Waals surface area contributed by atoms with Gasteiger partial charge in [0.05, 0.1) is 5.52 Å². The minimum atomic E-state index is -0.609. The number of rotatable bonds is 2. The zero-order valence-electron chi connectivity index (χ0n) is 11.1. The van der Waals surface area contributed by atoms with Crippen molar-refractivity contribution in [2.75, 3.05) is 13.1 Å². The van der Waals surface area contributed by atoms with Crippen LogP contribution in [0.5, 0.6) is 0 Å². The number of halogens is 2. The third-order valence-electron chi connectivity index (χ3n) is 4.27. The molecule has 1 atom stereocenters. The van der Waals surface area contributed by atoms with Crippen molar-refractivity contribution >= 4 is 11.0 Å². The number of aromatic nitrogens is 2. The van der Waals surface area contributed by atoms with Gasteiger partial charge in [-0.1, -0.05) is 13.8 Å². The highest BCUT2D eigenvalue weighted by Crippen LogP contribution is 2.37. The monoisotopic (exact) mass is 265 g/mol. The summed E-state index contributed by atoms with van der Waals surface area (Å²) in [5.74, 6) is -0.0614. The third-order valence-corrected chi connectivity index (χ3v) is 4.27. The molecule has 2 heterocycles. The van der Waals surface area contributed by atoms with Crippen molar-refractivity contribution in [3.05, 3.63) is 29.6 Å². The molecule has 102 valence electrons. The van der Waals surface area contributed by atoms with Gasteiger partial charge >= 0.3 is 0 Å². The maximum atomic E-state index is 13.7. The number of fused-ring (bicyclic) bond motifs is 1. The van der Waals surface area contributed by atoms with E-state index < -0.39 is 11.6 Å². The molecule has 1 saturated heterocycles. The van der Waals surface area contributed by atoms with Crippen LogP contribution in [0.1, 0.15) is 26.1 Å². The molecule has 1 aromatic carbocycles. The lowest BCUT2D eigenvalue weighted by molar-refractivity contribution is 0.320. The van der Waals surface area contributed by atoms with Gasteiger partial charge in [0, 0.05) is 18.0 Å². The average Bonchev–Trinajstić information content (AvgIpc) is 2.93. The maximum absolute atomic E-state index is 13.7. The van der Waals surface area contributed by atoms with E-state index in [1.165, 1.54) is 6.07 Å². The largest absolute Gasteiger partial charge is 0.341 e. The fourth-order valence-electron chi connectivity index (χ4n) is 2.96. The van der Waals surface area contributed by atoms with Gasteiger partial charge in [0.2, 0.25) is 0 Å². The SMILES string of the molecule is CC(C)C1(c2nc3c(F)cc(F)cc3[nH]2)CCNC1. The highest BCUT2D eigenvalue weighted by Gasteiger charge is 2.41. The Hall–Kier alpha value is -1.49. The lowest BCUT2D eigenvalue weighted by Gasteiger charge is -2.30. The highest BCUT2D eigenvalue weighted by molar-refractivity contribution is 5.76. The van der Waals surface area contributed by atoms with E-state index in [4.69, 9.17) is 0 Å². The quantitative estimate of drug-likeness (QED) is 0.876. The van der Waals surface area contributed by atoms with Gasteiger partial charge < -0.3 is 10.3 Å². The van der Waals surface area contributed by atoms with Gasteiger partial charge in [-0.15, -0.1) is 0 Å². The Bertz CT molecular complexity index is 612. The predicted octanol–water partition coefficient (Wildman–Crippen LogP) is 2.73. The van der Waals surface area contributed by atoms with Crippen molar-refractivity contribution in [1.29, 1.82) is 0 Å². The molecule has 0 aliphatic carbocycles. The first kappa shape index (κ1) is 12.5. The zero-order valence-corrected chi connectivity index (χ0v) is 11.1. The molecule has 1 aromatic heterocycles. The topological polar surface area (TPSA) is 40.7 Å². The van der Waals surface area contributed by atoms with Crippen LogP contribution in [0.15, 0.2) is 12.1 Å². The molecule has 19 heavy (non-hydrogen) atoms. The van der Waals surface area contributed by atoms with E-state index in [0.29, 0.717) is 11.4 Å². The van der Waals surface area contributed by atoms with E-state index in [2.05, 4.69) is 29.1 Å². The van der Waals surface area contributed by atoms with Crippen molar-refractivity contribution in [3.63, 3.8) is 0 Å². The van der Waals surface area contributed by atoms with E-state index in [1.54, 1.807) is 0 Å². The van der Waals surface area contributed by atoms with Crippen LogP contribution >= 0.6 is 0 Å². The van der Waals surface area contributed by atoms with Gasteiger partial charge in [0.15, 0.2) is 5.82 Å². The van der Waals surface area contributed by atoms with Crippen LogP contribution < -0.4 is 5.32 Å². The summed E-state index contributed by atoms with van der Waals surface area (Å²) in [4.78, 5) is 7.50. The number of hydrogen-bond donors (Lipinski definition) is 2. The number of nitrogens with one attached hydrogen (secondary N) is 2. The summed E-state index contributed by atoms with van der Waals surface area (Å²) in [6.07, 6.45) is 0.953. The number of H-pyrrole nitrogens is 1. The Morgan fingerprint density at radius 3 is 2.74 bits per heavy atom. The summed E-state index contributed by atoms with van der Waals surface area (Å²) in [5, 5.41) is 3.34. The van der Waals surface area contributed by atoms with Gasteiger partial charge in [-0.3, -0.25) is 0 Å². The molecule has 0 amide bonds. The fourth-order valence-corrected chi connectivity index (χ4v) is 2.96. The van der Waals surface area contributed by atoms with Crippen molar-refractivity contribution < 1.29 is 8.78 Å². The summed E-state index contributed by atoms with van der Waals surface area (Å²) < 4.78 is 27.0. The Kier molecular flexibility index (Phi) is 2.82. The van der Waals surface area contributed by atoms with Crippen LogP contribution in [-0.2, 0) is 5.41 Å². The van der Waals surface area contributed by atoms with Crippen LogP contribution in [0.3, 0.4) is 0 Å². The summed E-state index contributed by atoms with van der Waals surface area (Å²) >= 11 is 0. The van der Waals surface area contributed by atoms with E-state index in [0.717, 1.165) is 31.4 Å². The van der Waals surface area contributed by atoms with Crippen molar-refractivity contribution in [2.45, 2.75) is 25.7 Å². The smallest absolute Gasteiger partial charge is 0.153 e. The first-order valence-electron chi connectivity index (χ1n) is 6.59. The predicted molar refractivity (Wildman–Crippen MR) is 70.0 cm³/mol. The number of nitrogens with zero attached hydrogens (tertiary/aromatic N) is 1. The molecule has 0 spiro atoms. The summed E-state index contributed by atoms with van der Waals surface area (Å²) in [6.45, 7) is 6.01. The first-order chi connectivity index (χ1) is 9.03. The maximum Gasteiger partial charge on any atom is 0.153 e. The van der Waals surface area contributed by atoms with Crippen LogP contribution in [0.25, 0.3) is 11.0 Å². The molecule has 1 fully saturated rings. The Balaban J connectivity index is 2.17. The molecule has 5 heteroatoms. The summed E-state index contributed by atoms with van der Waals surface area (Å²) in [5.41, 5.74) is 0.532. The molecule has 1 aliphatic heterocycles. The Morgan fingerprint density at radius 1 is 1.32 bits per heavy atom. The van der Waals surface area contributed by atoms with E-state index in [9.17, 15) is 8.78 Å². The lowest BCUT2D eigenvalue weighted by atomic mass is 9.76. The molecule has 2 aromatic rings. The summed E-state index contributed by atoms with van der Waals surface area (Å²) in [6, 6.07) is 2.17. The Labute approximate surface area is 110 Å². The molecule has 1 aliphatic rings. The number of benzene rings is 1. The van der Waals surface area contributed by atoms with Crippen LogP contribution in [0.4, 0.5) is 8.78 Å². The molecular formula is C14H17F2N3. The summed E-state index contributed by atoms with van der Waals surface area (Å²) in [7, 11) is 0. The van der Waals surface area contributed by atoms with Gasteiger partial charge in [-0.2, -0.15) is 0 Å². The second kappa shape index (κ2) is 4.27. The van der Waals surface area contributed by atoms with Gasteiger partial charge in [0.1, 0.15) is 17.2 Å². The van der Waals surface area contributed by atoms with Gasteiger partial charge in [0.25, 0.3) is 0 Å². The second-order valence-corrected chi connectivity index (χ2v) is 5.61. The zero-order chi connectivity index (χ0) is 13.6. The minimum absolute atomic E-state index is 0.123. The molecule has 0 saturated carbocycles. The van der Waals surface area contributed by atoms with Gasteiger partial charge in [-0.25, -0.2) is 13.8 Å². The lowest BCUT2D eigenvalue weighted by Crippen LogP contribution is -2.35. The van der Waals surface area contributed by atoms with Crippen LogP contribution in [0, 0.1) is 17.6 Å². The molecule has 1 unspecified atom stereocenters. The van der Waals surface area contributed by atoms with Crippen LogP contribution in [0.2, 0.25) is 0 Å². The van der Waals surface area contributed by atoms with Crippen molar-refractivity contribution in [3.8, 4) is 0 Å². The third kappa shape index (κ3) is 1.84. The van der Waals surface area contributed by atoms with E-state index >= 15 is 0 Å². The number of aromatic amines is 1. The van der Waals surface area contributed by atoms with E-state index in [-0.39, 0.29) is 10.9 Å². The first-order valence-corrected chi connectivity index (χ1v) is 6.59. The van der Waals surface area contributed by atoms with Crippen LogP contribution in [-0.4, -0.2) is 23.1 Å². The number of hydrogen-bond acceptors (Lipinski definition) is 2. The molecule has 3 rings (SSSR count). The second-order valence-electron chi connectivity index (χ2n) is 5.61. The Morgan fingerprint density at radius 2 is 2.11 bits per heavy atom. The molecule has 2 N–H and O–H groups in total. The molecule has 0 bridgehead atoms. The normalized spacial score (nSPS) is 23.6. The van der Waals surface area contributed by atoms with Crippen molar-refractivity contribution in [1.82, 2.24) is 15.3 Å². The highest BCUT2D eigenvalue weighted by atomic mass is 19.1. The standard InChI is InChI=1S/C14H17F2N3/c1-8(2)14(3-4-17-7-14)13-18-11-6-9(15)5-10(16)12(11)19-13/h5-6,8,17H,3-4,7H2,1-2H3,(H,18,19).